The first-order chi connectivity index (χ1) is 14.7. The van der Waals surface area contributed by atoms with Crippen molar-refractivity contribution in [3.63, 3.8) is 0 Å². The highest BCUT2D eigenvalue weighted by Gasteiger charge is 2.63. The van der Waals surface area contributed by atoms with Crippen LogP contribution >= 0.6 is 0 Å². The van der Waals surface area contributed by atoms with Gasteiger partial charge in [-0.2, -0.15) is 0 Å². The topological polar surface area (TPSA) is 65.1 Å². The summed E-state index contributed by atoms with van der Waals surface area (Å²) in [6, 6.07) is 14.5. The molecule has 4 aliphatic rings. The van der Waals surface area contributed by atoms with Crippen LogP contribution in [0, 0.1) is 11.8 Å². The van der Waals surface area contributed by atoms with Gasteiger partial charge in [-0.25, -0.2) is 0 Å². The minimum Gasteiger partial charge on any atom is -0.497 e. The maximum Gasteiger partial charge on any atom is 0.218 e. The Morgan fingerprint density at radius 2 is 1.93 bits per heavy atom. The van der Waals surface area contributed by atoms with E-state index in [9.17, 15) is 9.59 Å². The predicted octanol–water partition coefficient (Wildman–Crippen LogP) is 2.84. The monoisotopic (exact) mass is 403 g/mol. The number of fused-ring (bicyclic) bond motifs is 8. The SMILES string of the molecule is COc1ccc(C(=O)[C@H]2[C@@H]3[C@@H](C(=O)[C@@H]4OC[C@H]3O4)[C@@H]3c4ccccc4C=CN23)cc1. The molecule has 0 aliphatic carbocycles. The number of ether oxygens (including phenoxy) is 3. The summed E-state index contributed by atoms with van der Waals surface area (Å²) in [5.74, 6) is 0.0322. The van der Waals surface area contributed by atoms with Crippen LogP contribution in [0.15, 0.2) is 54.7 Å². The minimum atomic E-state index is -0.814. The molecule has 152 valence electrons. The van der Waals surface area contributed by atoms with E-state index in [0.717, 1.165) is 11.1 Å². The fraction of sp³-hybridized carbons (Fsp3) is 0.333. The summed E-state index contributed by atoms with van der Waals surface area (Å²) in [7, 11) is 1.60. The van der Waals surface area contributed by atoms with E-state index in [0.29, 0.717) is 17.9 Å². The third kappa shape index (κ3) is 2.38. The van der Waals surface area contributed by atoms with Crippen molar-refractivity contribution in [2.45, 2.75) is 24.5 Å². The largest absolute Gasteiger partial charge is 0.497 e. The Hall–Kier alpha value is -2.96. The molecule has 2 aromatic carbocycles. The highest BCUT2D eigenvalue weighted by molar-refractivity contribution is 6.02. The van der Waals surface area contributed by atoms with Crippen LogP contribution in [0.3, 0.4) is 0 Å². The molecule has 2 bridgehead atoms. The van der Waals surface area contributed by atoms with Crippen LogP contribution in [0.4, 0.5) is 0 Å². The van der Waals surface area contributed by atoms with Crippen LogP contribution in [-0.2, 0) is 14.3 Å². The van der Waals surface area contributed by atoms with E-state index in [2.05, 4.69) is 11.0 Å². The lowest BCUT2D eigenvalue weighted by Crippen LogP contribution is -2.48. The van der Waals surface area contributed by atoms with Crippen molar-refractivity contribution in [1.82, 2.24) is 4.90 Å². The number of methoxy groups -OCH3 is 1. The Kier molecular flexibility index (Phi) is 3.88. The second-order valence-corrected chi connectivity index (χ2v) is 8.22. The van der Waals surface area contributed by atoms with Gasteiger partial charge >= 0.3 is 0 Å². The van der Waals surface area contributed by atoms with Crippen LogP contribution < -0.4 is 4.74 Å². The molecule has 0 spiro atoms. The van der Waals surface area contributed by atoms with Gasteiger partial charge in [-0.05, 0) is 41.5 Å². The molecular weight excluding hydrogens is 382 g/mol. The summed E-state index contributed by atoms with van der Waals surface area (Å²) in [5, 5.41) is 0. The Morgan fingerprint density at radius 1 is 1.13 bits per heavy atom. The molecule has 2 aromatic rings. The molecule has 4 heterocycles. The van der Waals surface area contributed by atoms with Crippen LogP contribution in [0.1, 0.15) is 27.5 Å². The number of hydrogen-bond donors (Lipinski definition) is 0. The number of carbonyl (C=O) groups is 2. The van der Waals surface area contributed by atoms with Crippen molar-refractivity contribution in [3.05, 3.63) is 71.4 Å². The van der Waals surface area contributed by atoms with Gasteiger partial charge in [0.05, 0.1) is 37.8 Å². The van der Waals surface area contributed by atoms with Crippen LogP contribution in [0.25, 0.3) is 6.08 Å². The number of carbonyl (C=O) groups excluding carboxylic acids is 2. The zero-order valence-electron chi connectivity index (χ0n) is 16.4. The molecule has 30 heavy (non-hydrogen) atoms. The summed E-state index contributed by atoms with van der Waals surface area (Å²) >= 11 is 0. The van der Waals surface area contributed by atoms with E-state index in [1.165, 1.54) is 0 Å². The number of Topliss-reactive ketones (excluding diaryl/α,β-unsaturated/α-hetero) is 2. The zero-order valence-corrected chi connectivity index (χ0v) is 16.4. The van der Waals surface area contributed by atoms with Crippen molar-refractivity contribution in [3.8, 4) is 5.75 Å². The fourth-order valence-corrected chi connectivity index (χ4v) is 5.55. The number of hydrogen-bond acceptors (Lipinski definition) is 6. The summed E-state index contributed by atoms with van der Waals surface area (Å²) in [4.78, 5) is 29.1. The van der Waals surface area contributed by atoms with Gasteiger partial charge in [0, 0.05) is 17.7 Å². The summed E-state index contributed by atoms with van der Waals surface area (Å²) < 4.78 is 16.7. The quantitative estimate of drug-likeness (QED) is 0.735. The highest BCUT2D eigenvalue weighted by atomic mass is 16.7. The van der Waals surface area contributed by atoms with Gasteiger partial charge in [-0.3, -0.25) is 9.59 Å². The normalized spacial score (nSPS) is 33.1. The van der Waals surface area contributed by atoms with Gasteiger partial charge in [0.25, 0.3) is 0 Å². The number of benzene rings is 2. The lowest BCUT2D eigenvalue weighted by atomic mass is 9.75. The van der Waals surface area contributed by atoms with Gasteiger partial charge < -0.3 is 19.1 Å². The molecule has 0 amide bonds. The Bertz CT molecular complexity index is 1060. The molecule has 3 fully saturated rings. The van der Waals surface area contributed by atoms with Crippen molar-refractivity contribution < 1.29 is 23.8 Å². The first kappa shape index (κ1) is 17.9. The first-order valence-corrected chi connectivity index (χ1v) is 10.2. The van der Waals surface area contributed by atoms with E-state index in [1.807, 2.05) is 30.5 Å². The molecule has 0 saturated carbocycles. The summed E-state index contributed by atoms with van der Waals surface area (Å²) in [5.41, 5.74) is 2.76. The van der Waals surface area contributed by atoms with E-state index < -0.39 is 12.3 Å². The molecule has 0 unspecified atom stereocenters. The lowest BCUT2D eigenvalue weighted by Gasteiger charge is -2.34. The first-order valence-electron chi connectivity index (χ1n) is 10.2. The minimum absolute atomic E-state index is 0.0130. The lowest BCUT2D eigenvalue weighted by molar-refractivity contribution is -0.164. The molecule has 0 radical (unpaired) electrons. The standard InChI is InChI=1S/C24H21NO5/c1-28-15-8-6-14(7-9-15)22(26)21-18-17-12-29-24(30-17)23(27)19(18)20-16-5-3-2-4-13(16)10-11-25(20)21/h2-11,17-21,24H,12H2,1H3/t17-,18+,19-,20+,21-,24-/m1/s1. The Labute approximate surface area is 174 Å². The fourth-order valence-electron chi connectivity index (χ4n) is 5.55. The molecule has 6 nitrogen and oxygen atoms in total. The molecule has 0 N–H and O–H groups in total. The van der Waals surface area contributed by atoms with Gasteiger partial charge in [-0.15, -0.1) is 0 Å². The molecule has 6 atom stereocenters. The summed E-state index contributed by atoms with van der Waals surface area (Å²) in [6.45, 7) is 0.343. The van der Waals surface area contributed by atoms with Crippen LogP contribution in [-0.4, -0.2) is 48.6 Å². The van der Waals surface area contributed by atoms with E-state index in [1.54, 1.807) is 31.4 Å². The molecular formula is C24H21NO5. The third-order valence-corrected chi connectivity index (χ3v) is 6.85. The smallest absolute Gasteiger partial charge is 0.218 e. The van der Waals surface area contributed by atoms with E-state index in [4.69, 9.17) is 14.2 Å². The second-order valence-electron chi connectivity index (χ2n) is 8.22. The third-order valence-electron chi connectivity index (χ3n) is 6.85. The molecule has 6 heteroatoms. The Balaban J connectivity index is 1.47. The average Bonchev–Trinajstić information content (AvgIpc) is 3.38. The molecule has 6 rings (SSSR count). The van der Waals surface area contributed by atoms with Crippen molar-refractivity contribution >= 4 is 17.6 Å². The van der Waals surface area contributed by atoms with Crippen molar-refractivity contribution in [2.75, 3.05) is 13.7 Å². The van der Waals surface area contributed by atoms with Crippen molar-refractivity contribution in [1.29, 1.82) is 0 Å². The van der Waals surface area contributed by atoms with E-state index >= 15 is 0 Å². The summed E-state index contributed by atoms with van der Waals surface area (Å²) in [6.07, 6.45) is 2.92. The van der Waals surface area contributed by atoms with Crippen LogP contribution in [0.2, 0.25) is 0 Å². The number of rotatable bonds is 3. The van der Waals surface area contributed by atoms with Gasteiger partial charge in [0.2, 0.25) is 6.29 Å². The maximum absolute atomic E-state index is 13.7. The number of nitrogens with zero attached hydrogens (tertiary/aromatic N) is 1. The van der Waals surface area contributed by atoms with E-state index in [-0.39, 0.29) is 35.5 Å². The average molecular weight is 403 g/mol. The second kappa shape index (κ2) is 6.52. The molecule has 3 saturated heterocycles. The molecule has 4 aliphatic heterocycles. The molecule has 0 aromatic heterocycles. The maximum atomic E-state index is 13.7. The van der Waals surface area contributed by atoms with Gasteiger partial charge in [-0.1, -0.05) is 24.3 Å². The van der Waals surface area contributed by atoms with Crippen molar-refractivity contribution in [2.24, 2.45) is 11.8 Å². The Morgan fingerprint density at radius 3 is 2.73 bits per heavy atom. The van der Waals surface area contributed by atoms with Gasteiger partial charge in [0.1, 0.15) is 5.75 Å². The van der Waals surface area contributed by atoms with Gasteiger partial charge in [0.15, 0.2) is 11.6 Å². The number of ketones is 2. The zero-order chi connectivity index (χ0) is 20.4. The van der Waals surface area contributed by atoms with Crippen LogP contribution in [0.5, 0.6) is 5.75 Å². The predicted molar refractivity (Wildman–Crippen MR) is 108 cm³/mol. The highest BCUT2D eigenvalue weighted by Crippen LogP contribution is 2.54.